The molecule has 0 nitrogen and oxygen atoms in total. The summed E-state index contributed by atoms with van der Waals surface area (Å²) >= 11 is 5.07. The Balaban J connectivity index is 2.40. The molecule has 1 heterocycles. The van der Waals surface area contributed by atoms with Crippen molar-refractivity contribution in [2.24, 2.45) is 5.41 Å². The first-order chi connectivity index (χ1) is 6.81. The zero-order valence-corrected chi connectivity index (χ0v) is 11.8. The van der Waals surface area contributed by atoms with Gasteiger partial charge in [-0.25, -0.2) is 0 Å². The quantitative estimate of drug-likeness (QED) is 0.556. The molecule has 15 heavy (non-hydrogen) atoms. The molecule has 2 rings (SSSR count). The van der Waals surface area contributed by atoms with E-state index < -0.39 is 6.46 Å². The van der Waals surface area contributed by atoms with Gasteiger partial charge in [0, 0.05) is 17.7 Å². The van der Waals surface area contributed by atoms with Crippen LogP contribution in [0, 0.1) is 5.41 Å². The van der Waals surface area contributed by atoms with E-state index in [0.717, 1.165) is 0 Å². The first kappa shape index (κ1) is 11.5. The van der Waals surface area contributed by atoms with Gasteiger partial charge in [0.1, 0.15) is 11.8 Å². The van der Waals surface area contributed by atoms with Crippen LogP contribution in [0.3, 0.4) is 0 Å². The van der Waals surface area contributed by atoms with Crippen LogP contribution in [0.25, 0.3) is 0 Å². The van der Waals surface area contributed by atoms with Crippen LogP contribution in [0.15, 0.2) is 30.3 Å². The van der Waals surface area contributed by atoms with Crippen molar-refractivity contribution >= 4 is 24.0 Å². The Labute approximate surface area is 99.0 Å². The van der Waals surface area contributed by atoms with Gasteiger partial charge in [-0.2, -0.15) is 0 Å². The average molecular weight is 239 g/mol. The Morgan fingerprint density at radius 3 is 2.00 bits per heavy atom. The van der Waals surface area contributed by atoms with Gasteiger partial charge in [0.25, 0.3) is 0 Å². The molecule has 1 aliphatic heterocycles. The highest BCUT2D eigenvalue weighted by Gasteiger charge is 2.71. The van der Waals surface area contributed by atoms with Gasteiger partial charge in [-0.05, 0) is 26.0 Å². The fraction of sp³-hybridized carbons (Fsp3) is 0.538. The molecule has 0 aromatic heterocycles. The minimum Gasteiger partial charge on any atom is -0.0620 e. The van der Waals surface area contributed by atoms with Crippen molar-refractivity contribution in [3.05, 3.63) is 30.3 Å². The molecule has 0 saturated carbocycles. The molecule has 1 aromatic carbocycles. The van der Waals surface area contributed by atoms with Gasteiger partial charge in [0.2, 0.25) is 0 Å². The Hall–Kier alpha value is 0. The predicted octanol–water partition coefficient (Wildman–Crippen LogP) is 3.99. The molecular weight excluding hydrogens is 219 g/mol. The summed E-state index contributed by atoms with van der Waals surface area (Å²) in [7, 11) is 0. The molecule has 1 atom stereocenters. The monoisotopic (exact) mass is 239 g/mol. The number of thiol groups is 1. The minimum atomic E-state index is -1.23. The third-order valence-corrected chi connectivity index (χ3v) is 11.9. The smallest absolute Gasteiger partial charge is 0.0620 e. The number of benzene rings is 1. The van der Waals surface area contributed by atoms with Gasteiger partial charge in [-0.15, -0.1) is 0 Å². The van der Waals surface area contributed by atoms with Gasteiger partial charge in [-0.3, -0.25) is 0 Å². The second-order valence-corrected chi connectivity index (χ2v) is 11.2. The lowest BCUT2D eigenvalue weighted by Crippen LogP contribution is -2.56. The third kappa shape index (κ3) is 1.40. The fourth-order valence-electron chi connectivity index (χ4n) is 2.46. The lowest BCUT2D eigenvalue weighted by atomic mass is 9.81. The molecule has 82 valence electrons. The second-order valence-electron chi connectivity index (χ2n) is 5.71. The Morgan fingerprint density at radius 1 is 1.07 bits per heavy atom. The van der Waals surface area contributed by atoms with Crippen molar-refractivity contribution in [1.82, 2.24) is 0 Å². The summed E-state index contributed by atoms with van der Waals surface area (Å²) in [5.41, 5.74) is 0.429. The van der Waals surface area contributed by atoms with E-state index in [4.69, 9.17) is 12.2 Å². The normalized spacial score (nSPS) is 32.1. The first-order valence-corrected chi connectivity index (χ1v) is 8.60. The van der Waals surface area contributed by atoms with E-state index in [1.165, 1.54) is 11.5 Å². The largest absolute Gasteiger partial charge is 0.110 e. The van der Waals surface area contributed by atoms with Crippen molar-refractivity contribution in [3.63, 3.8) is 0 Å². The molecule has 1 unspecified atom stereocenters. The molecule has 0 aliphatic carbocycles. The molecule has 0 radical (unpaired) electrons. The maximum absolute atomic E-state index is 5.07. The highest BCUT2D eigenvalue weighted by atomic mass is 32.7. The standard InChI is InChI=1S/C13H20PS/c1-12(2)10-14(15,13(12,3)4)11-8-6-5-7-9-11/h5-9,15H,10H2,1-4H3/q+1. The third-order valence-electron chi connectivity index (χ3n) is 4.39. The van der Waals surface area contributed by atoms with Crippen molar-refractivity contribution < 1.29 is 0 Å². The highest BCUT2D eigenvalue weighted by Crippen LogP contribution is 2.86. The molecule has 1 fully saturated rings. The van der Waals surface area contributed by atoms with Crippen LogP contribution in [-0.4, -0.2) is 11.3 Å². The Bertz CT molecular complexity index is 369. The van der Waals surface area contributed by atoms with Crippen molar-refractivity contribution in [3.8, 4) is 0 Å². The molecule has 1 aromatic rings. The summed E-state index contributed by atoms with van der Waals surface area (Å²) in [5, 5.41) is 1.82. The molecular formula is C13H20PS+. The molecule has 0 N–H and O–H groups in total. The van der Waals surface area contributed by atoms with E-state index in [1.54, 1.807) is 0 Å². The summed E-state index contributed by atoms with van der Waals surface area (Å²) in [6.07, 6.45) is 1.26. The van der Waals surface area contributed by atoms with E-state index in [1.807, 2.05) is 0 Å². The van der Waals surface area contributed by atoms with Gasteiger partial charge in [0.05, 0.1) is 11.3 Å². The SMILES string of the molecule is CC1(C)C[P+](S)(c2ccccc2)C1(C)C. The summed E-state index contributed by atoms with van der Waals surface area (Å²) in [5.74, 6) is 0. The molecule has 1 aliphatic rings. The fourth-order valence-corrected chi connectivity index (χ4v) is 8.97. The van der Waals surface area contributed by atoms with E-state index >= 15 is 0 Å². The summed E-state index contributed by atoms with van der Waals surface area (Å²) in [6, 6.07) is 10.8. The minimum absolute atomic E-state index is 0.352. The summed E-state index contributed by atoms with van der Waals surface area (Å²) in [6.45, 7) is 8.26. The topological polar surface area (TPSA) is 0 Å². The van der Waals surface area contributed by atoms with Crippen LogP contribution < -0.4 is 5.30 Å². The molecule has 0 spiro atoms. The van der Waals surface area contributed by atoms with Crippen molar-refractivity contribution in [2.75, 3.05) is 6.16 Å². The lowest BCUT2D eigenvalue weighted by Gasteiger charge is -2.57. The van der Waals surface area contributed by atoms with Gasteiger partial charge >= 0.3 is 0 Å². The lowest BCUT2D eigenvalue weighted by molar-refractivity contribution is 0.278. The predicted molar refractivity (Wildman–Crippen MR) is 74.7 cm³/mol. The molecule has 1 saturated heterocycles. The Morgan fingerprint density at radius 2 is 1.60 bits per heavy atom. The van der Waals surface area contributed by atoms with E-state index in [-0.39, 0.29) is 0 Å². The van der Waals surface area contributed by atoms with Gasteiger partial charge < -0.3 is 0 Å². The maximum atomic E-state index is 5.07. The van der Waals surface area contributed by atoms with E-state index in [2.05, 4.69) is 58.0 Å². The van der Waals surface area contributed by atoms with Crippen LogP contribution in [0.2, 0.25) is 0 Å². The van der Waals surface area contributed by atoms with Crippen LogP contribution in [0.1, 0.15) is 27.7 Å². The molecule has 0 amide bonds. The van der Waals surface area contributed by atoms with E-state index in [9.17, 15) is 0 Å². The number of hydrogen-bond acceptors (Lipinski definition) is 1. The number of hydrogen-bond donors (Lipinski definition) is 1. The van der Waals surface area contributed by atoms with Gasteiger partial charge in [-0.1, -0.05) is 32.0 Å². The van der Waals surface area contributed by atoms with Crippen molar-refractivity contribution in [2.45, 2.75) is 32.9 Å². The zero-order valence-electron chi connectivity index (χ0n) is 9.99. The zero-order chi connectivity index (χ0) is 11.3. The summed E-state index contributed by atoms with van der Waals surface area (Å²) in [4.78, 5) is 0. The average Bonchev–Trinajstić information content (AvgIpc) is 2.18. The van der Waals surface area contributed by atoms with Crippen LogP contribution in [0.4, 0.5) is 0 Å². The Kier molecular flexibility index (Phi) is 2.48. The van der Waals surface area contributed by atoms with Crippen LogP contribution in [0.5, 0.6) is 0 Å². The summed E-state index contributed by atoms with van der Waals surface area (Å²) < 4.78 is 0. The number of rotatable bonds is 1. The van der Waals surface area contributed by atoms with Crippen LogP contribution >= 0.6 is 18.7 Å². The molecule has 0 bridgehead atoms. The maximum Gasteiger partial charge on any atom is 0.110 e. The second kappa shape index (κ2) is 3.25. The van der Waals surface area contributed by atoms with Gasteiger partial charge in [0.15, 0.2) is 0 Å². The highest BCUT2D eigenvalue weighted by molar-refractivity contribution is 8.56. The van der Waals surface area contributed by atoms with E-state index in [0.29, 0.717) is 10.6 Å². The molecule has 2 heteroatoms. The van der Waals surface area contributed by atoms with Crippen LogP contribution in [-0.2, 0) is 0 Å². The van der Waals surface area contributed by atoms with Crippen molar-refractivity contribution in [1.29, 1.82) is 0 Å². The first-order valence-electron chi connectivity index (χ1n) is 5.48.